The molecule has 0 atom stereocenters. The van der Waals surface area contributed by atoms with E-state index in [0.717, 1.165) is 0 Å². The molecule has 3 N–H and O–H groups in total. The number of benzene rings is 1. The van der Waals surface area contributed by atoms with Crippen molar-refractivity contribution in [3.8, 4) is 0 Å². The predicted molar refractivity (Wildman–Crippen MR) is 59.7 cm³/mol. The molecule has 0 saturated heterocycles. The zero-order valence-electron chi connectivity index (χ0n) is 8.98. The monoisotopic (exact) mass is 274 g/mol. The van der Waals surface area contributed by atoms with Crippen molar-refractivity contribution in [2.24, 2.45) is 0 Å². The summed E-state index contributed by atoms with van der Waals surface area (Å²) in [4.78, 5) is 21.5. The number of carboxylic acid groups (broad SMARTS) is 2. The van der Waals surface area contributed by atoms with E-state index in [0.29, 0.717) is 0 Å². The van der Waals surface area contributed by atoms with E-state index in [2.05, 4.69) is 0 Å². The highest BCUT2D eigenvalue weighted by molar-refractivity contribution is 7.85. The van der Waals surface area contributed by atoms with Crippen molar-refractivity contribution < 1.29 is 32.8 Å². The standard InChI is InChI=1S/C10H10O7S/c11-9(12)8(10(13)14)7-3-1-6(2-4-7)5-18(15,16)17/h1-4,8H,5H2,(H,11,12)(H,13,14)(H,15,16,17). The van der Waals surface area contributed by atoms with E-state index in [4.69, 9.17) is 14.8 Å². The highest BCUT2D eigenvalue weighted by Crippen LogP contribution is 2.18. The van der Waals surface area contributed by atoms with Crippen LogP contribution in [-0.4, -0.2) is 35.1 Å². The van der Waals surface area contributed by atoms with Crippen LogP contribution in [0.5, 0.6) is 0 Å². The van der Waals surface area contributed by atoms with E-state index < -0.39 is 33.7 Å². The molecular weight excluding hydrogens is 264 g/mol. The van der Waals surface area contributed by atoms with Gasteiger partial charge in [0.05, 0.1) is 0 Å². The smallest absolute Gasteiger partial charge is 0.322 e. The van der Waals surface area contributed by atoms with E-state index in [1.165, 1.54) is 24.3 Å². The fourth-order valence-electron chi connectivity index (χ4n) is 1.41. The number of carbonyl (C=O) groups is 2. The van der Waals surface area contributed by atoms with Gasteiger partial charge in [-0.15, -0.1) is 0 Å². The van der Waals surface area contributed by atoms with Gasteiger partial charge in [0.2, 0.25) is 0 Å². The van der Waals surface area contributed by atoms with E-state index in [1.54, 1.807) is 0 Å². The lowest BCUT2D eigenvalue weighted by atomic mass is 9.98. The Hall–Kier alpha value is -1.93. The fourth-order valence-corrected chi connectivity index (χ4v) is 2.02. The molecular formula is C10H10O7S. The van der Waals surface area contributed by atoms with Gasteiger partial charge in [-0.25, -0.2) is 0 Å². The van der Waals surface area contributed by atoms with Gasteiger partial charge in [0.1, 0.15) is 5.75 Å². The van der Waals surface area contributed by atoms with Gasteiger partial charge in [-0.2, -0.15) is 8.42 Å². The fraction of sp³-hybridized carbons (Fsp3) is 0.200. The third kappa shape index (κ3) is 3.82. The minimum Gasteiger partial charge on any atom is -0.480 e. The molecule has 0 aliphatic rings. The van der Waals surface area contributed by atoms with Gasteiger partial charge < -0.3 is 10.2 Å². The quantitative estimate of drug-likeness (QED) is 0.521. The van der Waals surface area contributed by atoms with Crippen molar-refractivity contribution in [1.29, 1.82) is 0 Å². The first-order chi connectivity index (χ1) is 8.20. The first-order valence-corrected chi connectivity index (χ1v) is 6.31. The van der Waals surface area contributed by atoms with E-state index in [1.807, 2.05) is 0 Å². The Balaban J connectivity index is 3.01. The minimum absolute atomic E-state index is 0.0223. The lowest BCUT2D eigenvalue weighted by Crippen LogP contribution is -2.21. The Morgan fingerprint density at radius 3 is 1.83 bits per heavy atom. The second-order valence-corrected chi connectivity index (χ2v) is 5.03. The molecule has 0 aliphatic carbocycles. The number of carboxylic acids is 2. The number of hydrogen-bond acceptors (Lipinski definition) is 4. The Labute approximate surface area is 102 Å². The zero-order chi connectivity index (χ0) is 13.9. The lowest BCUT2D eigenvalue weighted by Gasteiger charge is -2.08. The summed E-state index contributed by atoms with van der Waals surface area (Å²) in [5.74, 6) is -5.34. The van der Waals surface area contributed by atoms with Gasteiger partial charge in [-0.05, 0) is 11.1 Å². The van der Waals surface area contributed by atoms with E-state index in [9.17, 15) is 18.0 Å². The van der Waals surface area contributed by atoms with Crippen LogP contribution >= 0.6 is 0 Å². The molecule has 1 aromatic rings. The van der Waals surface area contributed by atoms with Crippen LogP contribution in [0.4, 0.5) is 0 Å². The summed E-state index contributed by atoms with van der Waals surface area (Å²) >= 11 is 0. The van der Waals surface area contributed by atoms with Crippen molar-refractivity contribution in [3.05, 3.63) is 35.4 Å². The molecule has 0 bridgehead atoms. The number of hydrogen-bond donors (Lipinski definition) is 3. The van der Waals surface area contributed by atoms with Crippen LogP contribution in [0.1, 0.15) is 17.0 Å². The van der Waals surface area contributed by atoms with Gasteiger partial charge in [0.25, 0.3) is 10.1 Å². The van der Waals surface area contributed by atoms with Crippen molar-refractivity contribution in [2.75, 3.05) is 0 Å². The third-order valence-corrected chi connectivity index (χ3v) is 2.85. The molecule has 0 aromatic heterocycles. The van der Waals surface area contributed by atoms with E-state index in [-0.39, 0.29) is 11.1 Å². The average Bonchev–Trinajstić information content (AvgIpc) is 2.17. The normalized spacial score (nSPS) is 11.4. The Morgan fingerprint density at radius 2 is 1.50 bits per heavy atom. The molecule has 98 valence electrons. The summed E-state index contributed by atoms with van der Waals surface area (Å²) in [6.07, 6.45) is 0. The largest absolute Gasteiger partial charge is 0.480 e. The Kier molecular flexibility index (Phi) is 4.04. The van der Waals surface area contributed by atoms with Crippen LogP contribution in [0.25, 0.3) is 0 Å². The molecule has 7 nitrogen and oxygen atoms in total. The topological polar surface area (TPSA) is 129 Å². The lowest BCUT2D eigenvalue weighted by molar-refractivity contribution is -0.150. The second-order valence-electron chi connectivity index (χ2n) is 3.58. The molecule has 1 aromatic carbocycles. The van der Waals surface area contributed by atoms with Crippen LogP contribution in [0.15, 0.2) is 24.3 Å². The van der Waals surface area contributed by atoms with Gasteiger partial charge in [-0.1, -0.05) is 24.3 Å². The second kappa shape index (κ2) is 5.15. The van der Waals surface area contributed by atoms with Crippen LogP contribution < -0.4 is 0 Å². The maximum absolute atomic E-state index is 10.7. The highest BCUT2D eigenvalue weighted by atomic mass is 32.2. The van der Waals surface area contributed by atoms with Gasteiger partial charge in [-0.3, -0.25) is 14.1 Å². The van der Waals surface area contributed by atoms with Gasteiger partial charge in [0, 0.05) is 0 Å². The van der Waals surface area contributed by atoms with Crippen molar-refractivity contribution in [3.63, 3.8) is 0 Å². The molecule has 0 aliphatic heterocycles. The number of rotatable bonds is 5. The molecule has 0 fully saturated rings. The molecule has 18 heavy (non-hydrogen) atoms. The van der Waals surface area contributed by atoms with Gasteiger partial charge >= 0.3 is 11.9 Å². The Morgan fingerprint density at radius 1 is 1.06 bits per heavy atom. The minimum atomic E-state index is -4.18. The summed E-state index contributed by atoms with van der Waals surface area (Å²) in [6.45, 7) is 0. The van der Waals surface area contributed by atoms with Crippen molar-refractivity contribution in [1.82, 2.24) is 0 Å². The molecule has 1 rings (SSSR count). The average molecular weight is 274 g/mol. The maximum atomic E-state index is 10.7. The van der Waals surface area contributed by atoms with Crippen LogP contribution in [-0.2, 0) is 25.5 Å². The summed E-state index contributed by atoms with van der Waals surface area (Å²) in [5.41, 5.74) is 0.255. The zero-order valence-corrected chi connectivity index (χ0v) is 9.79. The molecule has 0 amide bonds. The molecule has 0 heterocycles. The van der Waals surface area contributed by atoms with Crippen molar-refractivity contribution in [2.45, 2.75) is 11.7 Å². The molecule has 0 unspecified atom stereocenters. The predicted octanol–water partition coefficient (Wildman–Crippen LogP) is 0.327. The van der Waals surface area contributed by atoms with Crippen molar-refractivity contribution >= 4 is 22.1 Å². The summed E-state index contributed by atoms with van der Waals surface area (Å²) in [5, 5.41) is 17.5. The summed E-state index contributed by atoms with van der Waals surface area (Å²) in [7, 11) is -4.18. The summed E-state index contributed by atoms with van der Waals surface area (Å²) < 4.78 is 29.8. The first kappa shape index (κ1) is 14.1. The van der Waals surface area contributed by atoms with Gasteiger partial charge in [0.15, 0.2) is 5.92 Å². The first-order valence-electron chi connectivity index (χ1n) is 4.70. The Bertz CT molecular complexity index is 544. The van der Waals surface area contributed by atoms with Crippen LogP contribution in [0.3, 0.4) is 0 Å². The van der Waals surface area contributed by atoms with E-state index >= 15 is 0 Å². The molecule has 0 spiro atoms. The molecule has 0 radical (unpaired) electrons. The summed E-state index contributed by atoms with van der Waals surface area (Å²) in [6, 6.07) is 4.91. The third-order valence-electron chi connectivity index (χ3n) is 2.16. The van der Waals surface area contributed by atoms with Crippen LogP contribution in [0.2, 0.25) is 0 Å². The molecule has 8 heteroatoms. The molecule has 0 saturated carbocycles. The maximum Gasteiger partial charge on any atom is 0.322 e. The SMILES string of the molecule is O=C(O)C(C(=O)O)c1ccc(CS(=O)(=O)O)cc1. The highest BCUT2D eigenvalue weighted by Gasteiger charge is 2.27. The van der Waals surface area contributed by atoms with Crippen LogP contribution in [0, 0.1) is 0 Å². The number of aliphatic carboxylic acids is 2.